The van der Waals surface area contributed by atoms with Crippen molar-refractivity contribution in [3.8, 4) is 0 Å². The molecule has 2 N–H and O–H groups in total. The third-order valence-corrected chi connectivity index (χ3v) is 3.79. The van der Waals surface area contributed by atoms with Gasteiger partial charge in [-0.3, -0.25) is 0 Å². The number of hydrogen-bond acceptors (Lipinski definition) is 2. The summed E-state index contributed by atoms with van der Waals surface area (Å²) in [6, 6.07) is 17.3. The van der Waals surface area contributed by atoms with E-state index in [1.807, 2.05) is 6.07 Å². The molecule has 2 aromatic rings. The van der Waals surface area contributed by atoms with Crippen LogP contribution in [-0.4, -0.2) is 6.54 Å². The summed E-state index contributed by atoms with van der Waals surface area (Å²) in [5.41, 5.74) is 10.8. The van der Waals surface area contributed by atoms with Crippen molar-refractivity contribution in [1.29, 1.82) is 0 Å². The second kappa shape index (κ2) is 4.37. The largest absolute Gasteiger partial charge is 0.399 e. The summed E-state index contributed by atoms with van der Waals surface area (Å²) >= 11 is 0. The summed E-state index contributed by atoms with van der Waals surface area (Å²) in [5.74, 6) is 0. The van der Waals surface area contributed by atoms with Gasteiger partial charge >= 0.3 is 0 Å². The van der Waals surface area contributed by atoms with Gasteiger partial charge in [-0.15, -0.1) is 0 Å². The van der Waals surface area contributed by atoms with Crippen LogP contribution in [0.25, 0.3) is 0 Å². The van der Waals surface area contributed by atoms with Gasteiger partial charge in [0.2, 0.25) is 0 Å². The van der Waals surface area contributed by atoms with Crippen molar-refractivity contribution in [3.63, 3.8) is 0 Å². The first kappa shape index (κ1) is 11.1. The van der Waals surface area contributed by atoms with Crippen LogP contribution >= 0.6 is 0 Å². The van der Waals surface area contributed by atoms with Crippen molar-refractivity contribution >= 4 is 11.4 Å². The van der Waals surface area contributed by atoms with Crippen LogP contribution in [0.1, 0.15) is 24.1 Å². The Morgan fingerprint density at radius 2 is 1.89 bits per heavy atom. The standard InChI is InChI=1S/C16H18N2/c1-12(13-5-3-2-4-6-13)18-10-9-14-7-8-15(17)11-16(14)18/h2-8,11-12H,9-10,17H2,1H3. The Hall–Kier alpha value is -1.96. The fraction of sp³-hybridized carbons (Fsp3) is 0.250. The van der Waals surface area contributed by atoms with E-state index < -0.39 is 0 Å². The number of nitrogens with zero attached hydrogens (tertiary/aromatic N) is 1. The molecule has 92 valence electrons. The van der Waals surface area contributed by atoms with Gasteiger partial charge < -0.3 is 10.6 Å². The van der Waals surface area contributed by atoms with Crippen molar-refractivity contribution in [1.82, 2.24) is 0 Å². The Labute approximate surface area is 108 Å². The lowest BCUT2D eigenvalue weighted by atomic mass is 10.1. The van der Waals surface area contributed by atoms with E-state index in [2.05, 4.69) is 54.3 Å². The van der Waals surface area contributed by atoms with Crippen molar-refractivity contribution < 1.29 is 0 Å². The maximum atomic E-state index is 5.91. The van der Waals surface area contributed by atoms with Crippen molar-refractivity contribution in [3.05, 3.63) is 59.7 Å². The zero-order valence-corrected chi connectivity index (χ0v) is 10.6. The Bertz CT molecular complexity index is 548. The van der Waals surface area contributed by atoms with Gasteiger partial charge in [-0.05, 0) is 36.6 Å². The molecule has 2 aromatic carbocycles. The molecule has 1 atom stereocenters. The van der Waals surface area contributed by atoms with Crippen LogP contribution in [-0.2, 0) is 6.42 Å². The van der Waals surface area contributed by atoms with E-state index in [4.69, 9.17) is 5.73 Å². The summed E-state index contributed by atoms with van der Waals surface area (Å²) < 4.78 is 0. The topological polar surface area (TPSA) is 29.3 Å². The Kier molecular flexibility index (Phi) is 2.71. The van der Waals surface area contributed by atoms with Gasteiger partial charge in [0, 0.05) is 17.9 Å². The average molecular weight is 238 g/mol. The van der Waals surface area contributed by atoms with E-state index in [1.54, 1.807) is 0 Å². The van der Waals surface area contributed by atoms with E-state index in [0.29, 0.717) is 6.04 Å². The normalized spacial score (nSPS) is 15.5. The summed E-state index contributed by atoms with van der Waals surface area (Å²) in [6.07, 6.45) is 1.12. The predicted molar refractivity (Wildman–Crippen MR) is 76.8 cm³/mol. The minimum atomic E-state index is 0.397. The quantitative estimate of drug-likeness (QED) is 0.813. The molecule has 0 fully saturated rings. The first-order valence-corrected chi connectivity index (χ1v) is 6.46. The van der Waals surface area contributed by atoms with Crippen molar-refractivity contribution in [2.24, 2.45) is 0 Å². The molecule has 0 spiro atoms. The van der Waals surface area contributed by atoms with Gasteiger partial charge in [-0.25, -0.2) is 0 Å². The SMILES string of the molecule is CC(c1ccccc1)N1CCc2ccc(N)cc21. The number of benzene rings is 2. The molecule has 0 bridgehead atoms. The third-order valence-electron chi connectivity index (χ3n) is 3.79. The molecule has 0 radical (unpaired) electrons. The smallest absolute Gasteiger partial charge is 0.0514 e. The van der Waals surface area contributed by atoms with E-state index in [-0.39, 0.29) is 0 Å². The summed E-state index contributed by atoms with van der Waals surface area (Å²) in [5, 5.41) is 0. The van der Waals surface area contributed by atoms with E-state index in [0.717, 1.165) is 18.7 Å². The fourth-order valence-corrected chi connectivity index (χ4v) is 2.73. The molecule has 0 aromatic heterocycles. The van der Waals surface area contributed by atoms with Crippen molar-refractivity contribution in [2.75, 3.05) is 17.2 Å². The van der Waals surface area contributed by atoms with Crippen LogP contribution in [0.2, 0.25) is 0 Å². The van der Waals surface area contributed by atoms with Crippen molar-refractivity contribution in [2.45, 2.75) is 19.4 Å². The van der Waals surface area contributed by atoms with Gasteiger partial charge in [0.05, 0.1) is 6.04 Å². The summed E-state index contributed by atoms with van der Waals surface area (Å²) in [7, 11) is 0. The lowest BCUT2D eigenvalue weighted by molar-refractivity contribution is 0.697. The highest BCUT2D eigenvalue weighted by molar-refractivity contribution is 5.65. The molecular formula is C16H18N2. The highest BCUT2D eigenvalue weighted by Crippen LogP contribution is 2.36. The number of rotatable bonds is 2. The molecule has 0 saturated heterocycles. The minimum Gasteiger partial charge on any atom is -0.399 e. The van der Waals surface area contributed by atoms with E-state index >= 15 is 0 Å². The van der Waals surface area contributed by atoms with E-state index in [1.165, 1.54) is 16.8 Å². The lowest BCUT2D eigenvalue weighted by Gasteiger charge is -2.28. The molecule has 0 aliphatic carbocycles. The highest BCUT2D eigenvalue weighted by atomic mass is 15.2. The summed E-state index contributed by atoms with van der Waals surface area (Å²) in [4.78, 5) is 2.45. The molecule has 1 heterocycles. The van der Waals surface area contributed by atoms with Crippen LogP contribution in [0.3, 0.4) is 0 Å². The molecule has 2 nitrogen and oxygen atoms in total. The number of hydrogen-bond donors (Lipinski definition) is 1. The first-order chi connectivity index (χ1) is 8.75. The predicted octanol–water partition coefficient (Wildman–Crippen LogP) is 3.39. The number of anilines is 2. The molecule has 1 aliphatic heterocycles. The maximum Gasteiger partial charge on any atom is 0.0514 e. The van der Waals surface area contributed by atoms with Gasteiger partial charge in [0.1, 0.15) is 0 Å². The minimum absolute atomic E-state index is 0.397. The number of fused-ring (bicyclic) bond motifs is 1. The first-order valence-electron chi connectivity index (χ1n) is 6.46. The zero-order chi connectivity index (χ0) is 12.5. The van der Waals surface area contributed by atoms with Gasteiger partial charge in [-0.2, -0.15) is 0 Å². The second-order valence-electron chi connectivity index (χ2n) is 4.92. The molecule has 2 heteroatoms. The van der Waals surface area contributed by atoms with Crippen LogP contribution < -0.4 is 10.6 Å². The Balaban J connectivity index is 1.94. The number of nitrogens with two attached hydrogens (primary N) is 1. The molecule has 18 heavy (non-hydrogen) atoms. The molecule has 0 saturated carbocycles. The summed E-state index contributed by atoms with van der Waals surface area (Å²) in [6.45, 7) is 3.34. The van der Waals surface area contributed by atoms with E-state index in [9.17, 15) is 0 Å². The second-order valence-corrected chi connectivity index (χ2v) is 4.92. The Morgan fingerprint density at radius 3 is 2.67 bits per heavy atom. The molecule has 1 aliphatic rings. The van der Waals surface area contributed by atoms with Crippen LogP contribution in [0.15, 0.2) is 48.5 Å². The van der Waals surface area contributed by atoms with Crippen LogP contribution in [0.5, 0.6) is 0 Å². The fourth-order valence-electron chi connectivity index (χ4n) is 2.73. The Morgan fingerprint density at radius 1 is 1.11 bits per heavy atom. The lowest BCUT2D eigenvalue weighted by Crippen LogP contribution is -2.24. The average Bonchev–Trinajstić information content (AvgIpc) is 2.82. The molecule has 1 unspecified atom stereocenters. The van der Waals surface area contributed by atoms with Crippen LogP contribution in [0.4, 0.5) is 11.4 Å². The van der Waals surface area contributed by atoms with Gasteiger partial charge in [0.25, 0.3) is 0 Å². The molecular weight excluding hydrogens is 220 g/mol. The van der Waals surface area contributed by atoms with Crippen LogP contribution in [0, 0.1) is 0 Å². The monoisotopic (exact) mass is 238 g/mol. The maximum absolute atomic E-state index is 5.91. The van der Waals surface area contributed by atoms with Gasteiger partial charge in [0.15, 0.2) is 0 Å². The molecule has 3 rings (SSSR count). The molecule has 0 amide bonds. The van der Waals surface area contributed by atoms with Gasteiger partial charge in [-0.1, -0.05) is 36.4 Å². The number of nitrogen functional groups attached to an aromatic ring is 1. The highest BCUT2D eigenvalue weighted by Gasteiger charge is 2.24. The zero-order valence-electron chi connectivity index (χ0n) is 10.6. The third kappa shape index (κ3) is 1.84.